The smallest absolute Gasteiger partial charge is 0.0682 e. The molecule has 0 saturated heterocycles. The average molecular weight is 277 g/mol. The van der Waals surface area contributed by atoms with Crippen LogP contribution in [0.25, 0.3) is 11.1 Å². The van der Waals surface area contributed by atoms with Crippen molar-refractivity contribution in [3.05, 3.63) is 58.1 Å². The summed E-state index contributed by atoms with van der Waals surface area (Å²) in [6.07, 6.45) is 0. The molecule has 0 fully saturated rings. The largest absolute Gasteiger partial charge is 0.392 e. The zero-order valence-corrected chi connectivity index (χ0v) is 10.7. The van der Waals surface area contributed by atoms with E-state index in [4.69, 9.17) is 5.11 Å². The maximum atomic E-state index is 9.11. The van der Waals surface area contributed by atoms with Crippen LogP contribution in [0.1, 0.15) is 11.1 Å². The third kappa shape index (κ3) is 2.34. The first-order valence-electron chi connectivity index (χ1n) is 5.17. The molecule has 0 saturated carbocycles. The van der Waals surface area contributed by atoms with Gasteiger partial charge >= 0.3 is 0 Å². The second-order valence-electron chi connectivity index (χ2n) is 3.82. The molecule has 82 valence electrons. The Morgan fingerprint density at radius 2 is 1.94 bits per heavy atom. The lowest BCUT2D eigenvalue weighted by Crippen LogP contribution is -1.87. The fourth-order valence-electron chi connectivity index (χ4n) is 1.79. The summed E-state index contributed by atoms with van der Waals surface area (Å²) in [5.74, 6) is 0. The summed E-state index contributed by atoms with van der Waals surface area (Å²) in [6, 6.07) is 14.2. The van der Waals surface area contributed by atoms with Crippen LogP contribution in [-0.2, 0) is 6.61 Å². The summed E-state index contributed by atoms with van der Waals surface area (Å²) in [5, 5.41) is 9.11. The standard InChI is InChI=1S/C14H13BrO/c1-10-7-13(15)5-6-14(10)12-4-2-3-11(8-12)9-16/h2-8,16H,9H2,1H3. The molecular formula is C14H13BrO. The molecule has 0 radical (unpaired) electrons. The molecule has 0 spiro atoms. The van der Waals surface area contributed by atoms with Gasteiger partial charge in [0.1, 0.15) is 0 Å². The minimum atomic E-state index is 0.0867. The highest BCUT2D eigenvalue weighted by molar-refractivity contribution is 9.10. The highest BCUT2D eigenvalue weighted by Gasteiger charge is 2.02. The maximum absolute atomic E-state index is 9.11. The Kier molecular flexibility index (Phi) is 3.42. The number of hydrogen-bond donors (Lipinski definition) is 1. The number of rotatable bonds is 2. The van der Waals surface area contributed by atoms with Gasteiger partial charge in [-0.3, -0.25) is 0 Å². The first-order valence-corrected chi connectivity index (χ1v) is 5.96. The van der Waals surface area contributed by atoms with Gasteiger partial charge in [0.05, 0.1) is 6.61 Å². The van der Waals surface area contributed by atoms with E-state index in [1.165, 1.54) is 11.1 Å². The molecule has 1 nitrogen and oxygen atoms in total. The van der Waals surface area contributed by atoms with Crippen LogP contribution < -0.4 is 0 Å². The summed E-state index contributed by atoms with van der Waals surface area (Å²) in [7, 11) is 0. The monoisotopic (exact) mass is 276 g/mol. The minimum absolute atomic E-state index is 0.0867. The van der Waals surface area contributed by atoms with Gasteiger partial charge in [0, 0.05) is 4.47 Å². The van der Waals surface area contributed by atoms with E-state index in [2.05, 4.69) is 41.1 Å². The SMILES string of the molecule is Cc1cc(Br)ccc1-c1cccc(CO)c1. The van der Waals surface area contributed by atoms with Gasteiger partial charge in [-0.25, -0.2) is 0 Å². The molecule has 0 aliphatic rings. The van der Waals surface area contributed by atoms with E-state index in [0.29, 0.717) is 0 Å². The van der Waals surface area contributed by atoms with Gasteiger partial charge in [0.2, 0.25) is 0 Å². The van der Waals surface area contributed by atoms with Crippen LogP contribution in [0.5, 0.6) is 0 Å². The molecular weight excluding hydrogens is 264 g/mol. The number of aryl methyl sites for hydroxylation is 1. The Bertz CT molecular complexity index is 506. The van der Waals surface area contributed by atoms with Crippen LogP contribution in [0.3, 0.4) is 0 Å². The van der Waals surface area contributed by atoms with Gasteiger partial charge in [-0.1, -0.05) is 40.2 Å². The molecule has 0 atom stereocenters. The van der Waals surface area contributed by atoms with Crippen LogP contribution in [0.15, 0.2) is 46.9 Å². The van der Waals surface area contributed by atoms with E-state index in [0.717, 1.165) is 15.6 Å². The maximum Gasteiger partial charge on any atom is 0.0682 e. The van der Waals surface area contributed by atoms with Crippen LogP contribution in [0, 0.1) is 6.92 Å². The van der Waals surface area contributed by atoms with Gasteiger partial charge in [0.15, 0.2) is 0 Å². The lowest BCUT2D eigenvalue weighted by atomic mass is 9.99. The number of halogens is 1. The fourth-order valence-corrected chi connectivity index (χ4v) is 2.26. The van der Waals surface area contributed by atoms with Crippen molar-refractivity contribution in [2.45, 2.75) is 13.5 Å². The molecule has 0 aromatic heterocycles. The number of hydrogen-bond acceptors (Lipinski definition) is 1. The van der Waals surface area contributed by atoms with Crippen molar-refractivity contribution >= 4 is 15.9 Å². The van der Waals surface area contributed by atoms with Crippen molar-refractivity contribution in [2.75, 3.05) is 0 Å². The molecule has 0 unspecified atom stereocenters. The normalized spacial score (nSPS) is 10.4. The van der Waals surface area contributed by atoms with E-state index in [1.54, 1.807) is 0 Å². The lowest BCUT2D eigenvalue weighted by Gasteiger charge is -2.07. The topological polar surface area (TPSA) is 20.2 Å². The highest BCUT2D eigenvalue weighted by Crippen LogP contribution is 2.26. The molecule has 0 aliphatic carbocycles. The molecule has 2 aromatic carbocycles. The molecule has 1 N–H and O–H groups in total. The minimum Gasteiger partial charge on any atom is -0.392 e. The van der Waals surface area contributed by atoms with E-state index < -0.39 is 0 Å². The van der Waals surface area contributed by atoms with Gasteiger partial charge < -0.3 is 5.11 Å². The van der Waals surface area contributed by atoms with Crippen LogP contribution >= 0.6 is 15.9 Å². The predicted molar refractivity (Wildman–Crippen MR) is 70.2 cm³/mol. The molecule has 16 heavy (non-hydrogen) atoms. The third-order valence-electron chi connectivity index (χ3n) is 2.61. The van der Waals surface area contributed by atoms with Gasteiger partial charge in [-0.15, -0.1) is 0 Å². The Balaban J connectivity index is 2.49. The molecule has 0 bridgehead atoms. The molecule has 2 rings (SSSR count). The summed E-state index contributed by atoms with van der Waals surface area (Å²) >= 11 is 3.46. The average Bonchev–Trinajstić information content (AvgIpc) is 2.29. The highest BCUT2D eigenvalue weighted by atomic mass is 79.9. The molecule has 0 amide bonds. The van der Waals surface area contributed by atoms with E-state index >= 15 is 0 Å². The van der Waals surface area contributed by atoms with Crippen molar-refractivity contribution < 1.29 is 5.11 Å². The van der Waals surface area contributed by atoms with E-state index in [1.807, 2.05) is 24.3 Å². The van der Waals surface area contributed by atoms with Crippen molar-refractivity contribution in [1.82, 2.24) is 0 Å². The Labute approximate surface area is 104 Å². The fraction of sp³-hybridized carbons (Fsp3) is 0.143. The predicted octanol–water partition coefficient (Wildman–Crippen LogP) is 3.92. The van der Waals surface area contributed by atoms with Crippen LogP contribution in [-0.4, -0.2) is 5.11 Å². The Hall–Kier alpha value is -1.12. The summed E-state index contributed by atoms with van der Waals surface area (Å²) in [6.45, 7) is 2.18. The first kappa shape index (κ1) is 11.4. The zero-order chi connectivity index (χ0) is 11.5. The second kappa shape index (κ2) is 4.81. The summed E-state index contributed by atoms with van der Waals surface area (Å²) in [4.78, 5) is 0. The lowest BCUT2D eigenvalue weighted by molar-refractivity contribution is 0.282. The van der Waals surface area contributed by atoms with Crippen LogP contribution in [0.2, 0.25) is 0 Å². The quantitative estimate of drug-likeness (QED) is 0.882. The Morgan fingerprint density at radius 3 is 2.62 bits per heavy atom. The van der Waals surface area contributed by atoms with E-state index in [9.17, 15) is 0 Å². The van der Waals surface area contributed by atoms with Gasteiger partial charge in [-0.05, 0) is 47.4 Å². The Morgan fingerprint density at radius 1 is 1.12 bits per heavy atom. The van der Waals surface area contributed by atoms with Crippen molar-refractivity contribution in [3.8, 4) is 11.1 Å². The van der Waals surface area contributed by atoms with Crippen LogP contribution in [0.4, 0.5) is 0 Å². The second-order valence-corrected chi connectivity index (χ2v) is 4.73. The molecule has 0 aliphatic heterocycles. The molecule has 2 aromatic rings. The summed E-state index contributed by atoms with van der Waals surface area (Å²) < 4.78 is 1.09. The summed E-state index contributed by atoms with van der Waals surface area (Å²) in [5.41, 5.74) is 4.53. The van der Waals surface area contributed by atoms with Gasteiger partial charge in [0.25, 0.3) is 0 Å². The number of aliphatic hydroxyl groups is 1. The number of aliphatic hydroxyl groups excluding tert-OH is 1. The van der Waals surface area contributed by atoms with Gasteiger partial charge in [-0.2, -0.15) is 0 Å². The zero-order valence-electron chi connectivity index (χ0n) is 9.07. The van der Waals surface area contributed by atoms with Crippen molar-refractivity contribution in [3.63, 3.8) is 0 Å². The van der Waals surface area contributed by atoms with E-state index in [-0.39, 0.29) is 6.61 Å². The third-order valence-corrected chi connectivity index (χ3v) is 3.10. The molecule has 0 heterocycles. The van der Waals surface area contributed by atoms with Crippen molar-refractivity contribution in [2.24, 2.45) is 0 Å². The van der Waals surface area contributed by atoms with Crippen molar-refractivity contribution in [1.29, 1.82) is 0 Å². The number of benzene rings is 2. The molecule has 2 heteroatoms. The first-order chi connectivity index (χ1) is 7.70.